The van der Waals surface area contributed by atoms with E-state index in [2.05, 4.69) is 0 Å². The smallest absolute Gasteiger partial charge is 0.115 e. The first kappa shape index (κ1) is 10.9. The molecule has 1 rings (SSSR count). The Bertz CT molecular complexity index is 163. The molecule has 0 aromatic rings. The Kier molecular flexibility index (Phi) is 3.63. The molecule has 0 spiro atoms. The van der Waals surface area contributed by atoms with Crippen LogP contribution in [-0.2, 0) is 9.47 Å². The van der Waals surface area contributed by atoms with Gasteiger partial charge in [-0.15, -0.1) is 0 Å². The molecule has 1 heterocycles. The summed E-state index contributed by atoms with van der Waals surface area (Å²) in [6.45, 7) is 1.30. The molecule has 0 radical (unpaired) electrons. The fourth-order valence-corrected chi connectivity index (χ4v) is 1.55. The van der Waals surface area contributed by atoms with E-state index >= 15 is 0 Å². The van der Waals surface area contributed by atoms with E-state index in [9.17, 15) is 10.2 Å². The van der Waals surface area contributed by atoms with Crippen molar-refractivity contribution < 1.29 is 24.8 Å². The zero-order chi connectivity index (χ0) is 10.0. The van der Waals surface area contributed by atoms with Gasteiger partial charge in [-0.2, -0.15) is 0 Å². The summed E-state index contributed by atoms with van der Waals surface area (Å²) >= 11 is 0. The molecule has 0 bridgehead atoms. The highest BCUT2D eigenvalue weighted by Crippen LogP contribution is 2.25. The summed E-state index contributed by atoms with van der Waals surface area (Å²) < 4.78 is 10.2. The number of aliphatic hydroxyl groups is 3. The predicted molar refractivity (Wildman–Crippen MR) is 44.2 cm³/mol. The average Bonchev–Trinajstić information content (AvgIpc) is 2.42. The van der Waals surface area contributed by atoms with Crippen LogP contribution in [0.2, 0.25) is 0 Å². The monoisotopic (exact) mass is 192 g/mol. The van der Waals surface area contributed by atoms with E-state index in [0.29, 0.717) is 0 Å². The van der Waals surface area contributed by atoms with E-state index in [1.165, 1.54) is 7.11 Å². The standard InChI is InChI=1S/C8H16O5/c1-4-6(11)8(12-2)7(13-4)5(10)3-9/h4-11H,3H2,1-2H3/t4?,5-,6?,7+,8+/m1/s1. The Balaban J connectivity index is 2.64. The van der Waals surface area contributed by atoms with Crippen LogP contribution in [0.1, 0.15) is 6.92 Å². The van der Waals surface area contributed by atoms with E-state index in [1.807, 2.05) is 0 Å². The number of methoxy groups -OCH3 is 1. The number of hydrogen-bond donors (Lipinski definition) is 3. The van der Waals surface area contributed by atoms with Crippen LogP contribution < -0.4 is 0 Å². The fourth-order valence-electron chi connectivity index (χ4n) is 1.55. The SMILES string of the molecule is CO[C@H]1C(O)C(C)O[C@H]1[C@H](O)CO. The summed E-state index contributed by atoms with van der Waals surface area (Å²) in [5, 5.41) is 27.6. The number of hydrogen-bond acceptors (Lipinski definition) is 5. The lowest BCUT2D eigenvalue weighted by Gasteiger charge is -2.21. The van der Waals surface area contributed by atoms with E-state index in [-0.39, 0.29) is 6.10 Å². The molecule has 1 saturated heterocycles. The van der Waals surface area contributed by atoms with Crippen molar-refractivity contribution in [2.24, 2.45) is 0 Å². The first-order valence-electron chi connectivity index (χ1n) is 4.27. The molecule has 3 N–H and O–H groups in total. The maximum Gasteiger partial charge on any atom is 0.115 e. The molecule has 0 aliphatic carbocycles. The van der Waals surface area contributed by atoms with Crippen LogP contribution in [0.5, 0.6) is 0 Å². The Labute approximate surface area is 76.9 Å². The highest BCUT2D eigenvalue weighted by atomic mass is 16.6. The van der Waals surface area contributed by atoms with Gasteiger partial charge in [0.2, 0.25) is 0 Å². The molecule has 1 fully saturated rings. The van der Waals surface area contributed by atoms with E-state index in [4.69, 9.17) is 14.6 Å². The Morgan fingerprint density at radius 1 is 1.54 bits per heavy atom. The summed E-state index contributed by atoms with van der Waals surface area (Å²) in [7, 11) is 1.44. The maximum absolute atomic E-state index is 9.53. The number of ether oxygens (including phenoxy) is 2. The highest BCUT2D eigenvalue weighted by Gasteiger charge is 2.44. The van der Waals surface area contributed by atoms with Crippen LogP contribution in [0.3, 0.4) is 0 Å². The van der Waals surface area contributed by atoms with Gasteiger partial charge in [-0.1, -0.05) is 0 Å². The summed E-state index contributed by atoms with van der Waals surface area (Å²) in [6.07, 6.45) is -3.37. The minimum atomic E-state index is -1.01. The average molecular weight is 192 g/mol. The molecule has 2 unspecified atom stereocenters. The van der Waals surface area contributed by atoms with Crippen molar-refractivity contribution in [2.45, 2.75) is 37.4 Å². The van der Waals surface area contributed by atoms with Gasteiger partial charge in [-0.3, -0.25) is 0 Å². The summed E-state index contributed by atoms with van der Waals surface area (Å²) in [5.74, 6) is 0. The summed E-state index contributed by atoms with van der Waals surface area (Å²) in [4.78, 5) is 0. The molecule has 5 nitrogen and oxygen atoms in total. The quantitative estimate of drug-likeness (QED) is 0.507. The van der Waals surface area contributed by atoms with Crippen molar-refractivity contribution in [1.29, 1.82) is 0 Å². The lowest BCUT2D eigenvalue weighted by Crippen LogP contribution is -2.41. The first-order chi connectivity index (χ1) is 6.11. The summed E-state index contributed by atoms with van der Waals surface area (Å²) in [5.41, 5.74) is 0. The zero-order valence-corrected chi connectivity index (χ0v) is 7.75. The lowest BCUT2D eigenvalue weighted by atomic mass is 10.0. The molecule has 5 atom stereocenters. The van der Waals surface area contributed by atoms with Crippen LogP contribution in [0, 0.1) is 0 Å². The van der Waals surface area contributed by atoms with Crippen LogP contribution in [0.4, 0.5) is 0 Å². The van der Waals surface area contributed by atoms with Crippen molar-refractivity contribution in [1.82, 2.24) is 0 Å². The second-order valence-corrected chi connectivity index (χ2v) is 3.25. The van der Waals surface area contributed by atoms with Gasteiger partial charge < -0.3 is 24.8 Å². The zero-order valence-electron chi connectivity index (χ0n) is 7.75. The van der Waals surface area contributed by atoms with E-state index in [0.717, 1.165) is 0 Å². The van der Waals surface area contributed by atoms with Gasteiger partial charge in [-0.05, 0) is 6.92 Å². The molecule has 0 aromatic carbocycles. The number of aliphatic hydroxyl groups excluding tert-OH is 3. The van der Waals surface area contributed by atoms with Gasteiger partial charge in [0.15, 0.2) is 0 Å². The van der Waals surface area contributed by atoms with Crippen molar-refractivity contribution in [2.75, 3.05) is 13.7 Å². The topological polar surface area (TPSA) is 79.2 Å². The van der Waals surface area contributed by atoms with Gasteiger partial charge in [0.1, 0.15) is 24.4 Å². The van der Waals surface area contributed by atoms with Gasteiger partial charge in [0.05, 0.1) is 12.7 Å². The Morgan fingerprint density at radius 2 is 2.15 bits per heavy atom. The molecule has 0 amide bonds. The van der Waals surface area contributed by atoms with E-state index < -0.39 is 31.0 Å². The largest absolute Gasteiger partial charge is 0.394 e. The molecule has 1 aliphatic rings. The molecule has 0 saturated carbocycles. The third-order valence-electron chi connectivity index (χ3n) is 2.35. The molecule has 1 aliphatic heterocycles. The predicted octanol–water partition coefficient (Wildman–Crippen LogP) is -1.50. The molecule has 78 valence electrons. The fraction of sp³-hybridized carbons (Fsp3) is 1.00. The Hall–Kier alpha value is -0.200. The van der Waals surface area contributed by atoms with Gasteiger partial charge in [0.25, 0.3) is 0 Å². The molecule has 13 heavy (non-hydrogen) atoms. The second kappa shape index (κ2) is 4.34. The van der Waals surface area contributed by atoms with Gasteiger partial charge in [-0.25, -0.2) is 0 Å². The van der Waals surface area contributed by atoms with Crippen molar-refractivity contribution >= 4 is 0 Å². The third-order valence-corrected chi connectivity index (χ3v) is 2.35. The second-order valence-electron chi connectivity index (χ2n) is 3.25. The van der Waals surface area contributed by atoms with Crippen LogP contribution in [0.25, 0.3) is 0 Å². The molecular formula is C8H16O5. The van der Waals surface area contributed by atoms with Gasteiger partial charge in [0, 0.05) is 7.11 Å². The van der Waals surface area contributed by atoms with Gasteiger partial charge >= 0.3 is 0 Å². The lowest BCUT2D eigenvalue weighted by molar-refractivity contribution is -0.0877. The summed E-state index contributed by atoms with van der Waals surface area (Å²) in [6, 6.07) is 0. The van der Waals surface area contributed by atoms with Crippen molar-refractivity contribution in [3.63, 3.8) is 0 Å². The van der Waals surface area contributed by atoms with Crippen molar-refractivity contribution in [3.05, 3.63) is 0 Å². The highest BCUT2D eigenvalue weighted by molar-refractivity contribution is 4.92. The number of rotatable bonds is 3. The third kappa shape index (κ3) is 2.00. The van der Waals surface area contributed by atoms with Crippen LogP contribution in [0.15, 0.2) is 0 Å². The minimum absolute atomic E-state index is 0.379. The Morgan fingerprint density at radius 3 is 2.62 bits per heavy atom. The normalized spacial score (nSPS) is 42.2. The van der Waals surface area contributed by atoms with Crippen molar-refractivity contribution in [3.8, 4) is 0 Å². The molecular weight excluding hydrogens is 176 g/mol. The molecule has 0 aromatic heterocycles. The van der Waals surface area contributed by atoms with E-state index in [1.54, 1.807) is 6.92 Å². The molecule has 5 heteroatoms. The first-order valence-corrected chi connectivity index (χ1v) is 4.27. The van der Waals surface area contributed by atoms with Crippen LogP contribution in [-0.4, -0.2) is 59.6 Å². The van der Waals surface area contributed by atoms with Crippen LogP contribution >= 0.6 is 0 Å². The maximum atomic E-state index is 9.53. The minimum Gasteiger partial charge on any atom is -0.394 e.